The number of carbonyl (C=O) groups is 2. The number of para-hydroxylation sites is 1. The number of rotatable bonds is 9. The minimum Gasteiger partial charge on any atom is -0.488 e. The lowest BCUT2D eigenvalue weighted by Crippen LogP contribution is -2.37. The van der Waals surface area contributed by atoms with Crippen LogP contribution in [0.4, 0.5) is 26.7 Å². The van der Waals surface area contributed by atoms with Crippen LogP contribution in [0.2, 0.25) is 0 Å². The second kappa shape index (κ2) is 13.2. The number of benzene rings is 2. The fraction of sp³-hybridized carbons (Fsp3) is 0.312. The zero-order chi connectivity index (χ0) is 33.1. The number of piperidine rings is 1. The minimum absolute atomic E-state index is 0.165. The standard InChI is InChI=1S/C32H29F5N4O5/c1-2-45-29(42)24-18-38-41(28(24)31(33,34)32(35,36)37)27-9-5-7-25(39-27)23-6-3-4-8-26(23)46-19-20-10-12-21(13-11-20)22-14-16-40(17-15-22)30(43)44/h3-13,18,22H,2,14-17,19H2,1H3,(H,43,44). The maximum absolute atomic E-state index is 14.8. The summed E-state index contributed by atoms with van der Waals surface area (Å²) in [5.74, 6) is -6.57. The second-order valence-electron chi connectivity index (χ2n) is 10.6. The molecular weight excluding hydrogens is 615 g/mol. The Hall–Kier alpha value is -5.01. The molecule has 1 N–H and O–H groups in total. The molecule has 2 aromatic carbocycles. The van der Waals surface area contributed by atoms with E-state index in [1.54, 1.807) is 24.3 Å². The number of alkyl halides is 5. The summed E-state index contributed by atoms with van der Waals surface area (Å²) < 4.78 is 81.1. The molecule has 0 aliphatic carbocycles. The fourth-order valence-corrected chi connectivity index (χ4v) is 5.26. The van der Waals surface area contributed by atoms with Crippen LogP contribution in [0.5, 0.6) is 5.75 Å². The Morgan fingerprint density at radius 3 is 2.30 bits per heavy atom. The Bertz CT molecular complexity index is 1700. The van der Waals surface area contributed by atoms with Crippen molar-refractivity contribution in [2.75, 3.05) is 19.7 Å². The van der Waals surface area contributed by atoms with Gasteiger partial charge in [-0.15, -0.1) is 0 Å². The monoisotopic (exact) mass is 644 g/mol. The molecule has 46 heavy (non-hydrogen) atoms. The molecule has 1 fully saturated rings. The topological polar surface area (TPSA) is 107 Å². The zero-order valence-corrected chi connectivity index (χ0v) is 24.5. The molecule has 1 aliphatic heterocycles. The van der Waals surface area contributed by atoms with Gasteiger partial charge in [0.1, 0.15) is 23.6 Å². The van der Waals surface area contributed by atoms with Gasteiger partial charge >= 0.3 is 24.2 Å². The van der Waals surface area contributed by atoms with Crippen LogP contribution < -0.4 is 4.74 Å². The summed E-state index contributed by atoms with van der Waals surface area (Å²) in [6.45, 7) is 2.27. The quantitative estimate of drug-likeness (QED) is 0.152. The summed E-state index contributed by atoms with van der Waals surface area (Å²) in [7, 11) is 0. The molecule has 5 rings (SSSR count). The molecule has 0 saturated carbocycles. The van der Waals surface area contributed by atoms with E-state index in [0.717, 1.165) is 24.0 Å². The van der Waals surface area contributed by atoms with Gasteiger partial charge in [0.25, 0.3) is 0 Å². The molecule has 2 aromatic heterocycles. The lowest BCUT2D eigenvalue weighted by atomic mass is 9.89. The number of pyridine rings is 1. The fourth-order valence-electron chi connectivity index (χ4n) is 5.26. The van der Waals surface area contributed by atoms with Crippen LogP contribution in [-0.4, -0.2) is 62.7 Å². The van der Waals surface area contributed by atoms with Crippen molar-refractivity contribution in [3.63, 3.8) is 0 Å². The summed E-state index contributed by atoms with van der Waals surface area (Å²) >= 11 is 0. The molecule has 1 aliphatic rings. The van der Waals surface area contributed by atoms with Gasteiger partial charge in [0, 0.05) is 18.7 Å². The van der Waals surface area contributed by atoms with Crippen LogP contribution in [0, 0.1) is 0 Å². The van der Waals surface area contributed by atoms with E-state index in [1.165, 1.54) is 30.0 Å². The molecule has 0 radical (unpaired) electrons. The predicted molar refractivity (Wildman–Crippen MR) is 155 cm³/mol. The Kier molecular flexibility index (Phi) is 9.26. The molecule has 1 saturated heterocycles. The summed E-state index contributed by atoms with van der Waals surface area (Å²) in [6.07, 6.45) is -4.87. The van der Waals surface area contributed by atoms with Crippen LogP contribution in [0.25, 0.3) is 17.1 Å². The molecule has 0 bridgehead atoms. The lowest BCUT2D eigenvalue weighted by Gasteiger charge is -2.30. The average molecular weight is 645 g/mol. The van der Waals surface area contributed by atoms with Crippen LogP contribution in [0.1, 0.15) is 52.9 Å². The van der Waals surface area contributed by atoms with Crippen molar-refractivity contribution in [1.82, 2.24) is 19.7 Å². The van der Waals surface area contributed by atoms with Crippen molar-refractivity contribution in [2.45, 2.75) is 44.4 Å². The highest BCUT2D eigenvalue weighted by Gasteiger charge is 2.62. The SMILES string of the molecule is CCOC(=O)c1cnn(-c2cccc(-c3ccccc3OCc3ccc(C4CCN(C(=O)O)CC4)cc3)n2)c1C(F)(F)C(F)(F)F. The van der Waals surface area contributed by atoms with Gasteiger partial charge in [-0.3, -0.25) is 0 Å². The van der Waals surface area contributed by atoms with Crippen LogP contribution in [0.3, 0.4) is 0 Å². The highest BCUT2D eigenvalue weighted by Crippen LogP contribution is 2.46. The number of likely N-dealkylation sites (tertiary alicyclic amines) is 1. The van der Waals surface area contributed by atoms with E-state index >= 15 is 0 Å². The van der Waals surface area contributed by atoms with Gasteiger partial charge in [-0.2, -0.15) is 27.1 Å². The molecule has 0 atom stereocenters. The average Bonchev–Trinajstić information content (AvgIpc) is 3.50. The zero-order valence-electron chi connectivity index (χ0n) is 24.5. The van der Waals surface area contributed by atoms with Crippen molar-refractivity contribution in [3.8, 4) is 22.8 Å². The van der Waals surface area contributed by atoms with Gasteiger partial charge in [0.05, 0.1) is 18.5 Å². The summed E-state index contributed by atoms with van der Waals surface area (Å²) in [6, 6.07) is 18.7. The highest BCUT2D eigenvalue weighted by atomic mass is 19.4. The number of halogens is 5. The number of hydrogen-bond donors (Lipinski definition) is 1. The van der Waals surface area contributed by atoms with Gasteiger partial charge in [-0.05, 0) is 61.1 Å². The first-order valence-corrected chi connectivity index (χ1v) is 14.4. The van der Waals surface area contributed by atoms with Gasteiger partial charge in [0.2, 0.25) is 0 Å². The van der Waals surface area contributed by atoms with Crippen molar-refractivity contribution >= 4 is 12.1 Å². The first-order chi connectivity index (χ1) is 21.9. The van der Waals surface area contributed by atoms with Gasteiger partial charge < -0.3 is 19.5 Å². The first kappa shape index (κ1) is 32.4. The summed E-state index contributed by atoms with van der Waals surface area (Å²) in [5, 5.41) is 12.8. The van der Waals surface area contributed by atoms with Crippen LogP contribution >= 0.6 is 0 Å². The number of aromatic nitrogens is 3. The Morgan fingerprint density at radius 2 is 1.65 bits per heavy atom. The molecule has 0 unspecified atom stereocenters. The Balaban J connectivity index is 1.38. The molecular formula is C32H29F5N4O5. The molecule has 9 nitrogen and oxygen atoms in total. The van der Waals surface area contributed by atoms with Crippen molar-refractivity contribution in [2.24, 2.45) is 0 Å². The maximum atomic E-state index is 14.8. The third-order valence-electron chi connectivity index (χ3n) is 7.64. The third kappa shape index (κ3) is 6.65. The van der Waals surface area contributed by atoms with Gasteiger partial charge in [0.15, 0.2) is 5.82 Å². The molecule has 1 amide bonds. The molecule has 14 heteroatoms. The van der Waals surface area contributed by atoms with E-state index < -0.39 is 35.4 Å². The smallest absolute Gasteiger partial charge is 0.459 e. The molecule has 3 heterocycles. The van der Waals surface area contributed by atoms with Gasteiger partial charge in [-0.25, -0.2) is 19.3 Å². The normalized spacial score (nSPS) is 14.3. The highest BCUT2D eigenvalue weighted by molar-refractivity contribution is 5.91. The Morgan fingerprint density at radius 1 is 0.957 bits per heavy atom. The van der Waals surface area contributed by atoms with Gasteiger partial charge in [-0.1, -0.05) is 42.5 Å². The molecule has 242 valence electrons. The van der Waals surface area contributed by atoms with Crippen LogP contribution in [-0.2, 0) is 17.3 Å². The van der Waals surface area contributed by atoms with Crippen molar-refractivity contribution in [1.29, 1.82) is 0 Å². The van der Waals surface area contributed by atoms with Crippen LogP contribution in [0.15, 0.2) is 72.9 Å². The number of ether oxygens (including phenoxy) is 2. The number of nitrogens with zero attached hydrogens (tertiary/aromatic N) is 4. The Labute approximate surface area is 260 Å². The van der Waals surface area contributed by atoms with Crippen molar-refractivity contribution in [3.05, 3.63) is 95.3 Å². The summed E-state index contributed by atoms with van der Waals surface area (Å²) in [4.78, 5) is 29.2. The van der Waals surface area contributed by atoms with E-state index in [2.05, 4.69) is 10.1 Å². The van der Waals surface area contributed by atoms with E-state index in [9.17, 15) is 31.5 Å². The van der Waals surface area contributed by atoms with E-state index in [0.29, 0.717) is 35.3 Å². The lowest BCUT2D eigenvalue weighted by molar-refractivity contribution is -0.291. The van der Waals surface area contributed by atoms with E-state index in [-0.39, 0.29) is 30.6 Å². The molecule has 4 aromatic rings. The largest absolute Gasteiger partial charge is 0.488 e. The maximum Gasteiger partial charge on any atom is 0.459 e. The third-order valence-corrected chi connectivity index (χ3v) is 7.64. The number of carboxylic acid groups (broad SMARTS) is 1. The first-order valence-electron chi connectivity index (χ1n) is 14.4. The van der Waals surface area contributed by atoms with Crippen molar-refractivity contribution < 1.29 is 46.1 Å². The molecule has 0 spiro atoms. The predicted octanol–water partition coefficient (Wildman–Crippen LogP) is 7.20. The van der Waals surface area contributed by atoms with E-state index in [4.69, 9.17) is 14.6 Å². The second-order valence-corrected chi connectivity index (χ2v) is 10.6. The number of carbonyl (C=O) groups excluding carboxylic acids is 1. The minimum atomic E-state index is -6.03. The number of hydrogen-bond acceptors (Lipinski definition) is 6. The number of amides is 1. The number of esters is 1. The van der Waals surface area contributed by atoms with E-state index in [1.807, 2.05) is 24.3 Å². The summed E-state index contributed by atoms with van der Waals surface area (Å²) in [5.41, 5.74) is -0.139.